The number of ether oxygens (including phenoxy) is 1. The molecule has 0 radical (unpaired) electrons. The van der Waals surface area contributed by atoms with Gasteiger partial charge in [-0.25, -0.2) is 0 Å². The summed E-state index contributed by atoms with van der Waals surface area (Å²) < 4.78 is 11.8. The number of amides is 1. The Hall–Kier alpha value is -3.94. The average Bonchev–Trinajstić information content (AvgIpc) is 3.73. The van der Waals surface area contributed by atoms with E-state index in [0.29, 0.717) is 54.5 Å². The minimum absolute atomic E-state index is 0.0279. The second-order valence-electron chi connectivity index (χ2n) is 14.2. The number of carbonyl (C=O) groups is 1. The molecule has 1 aromatic carbocycles. The summed E-state index contributed by atoms with van der Waals surface area (Å²) in [6.45, 7) is 13.6. The summed E-state index contributed by atoms with van der Waals surface area (Å²) in [5.41, 5.74) is 2.43. The van der Waals surface area contributed by atoms with Gasteiger partial charge in [-0.15, -0.1) is 10.2 Å². The van der Waals surface area contributed by atoms with E-state index in [1.165, 1.54) is 0 Å². The first-order valence-electron chi connectivity index (χ1n) is 17.5. The lowest BCUT2D eigenvalue weighted by Crippen LogP contribution is -2.61. The van der Waals surface area contributed by atoms with Gasteiger partial charge < -0.3 is 34.6 Å². The second-order valence-corrected chi connectivity index (χ2v) is 14.2. The highest BCUT2D eigenvalue weighted by Gasteiger charge is 2.37. The van der Waals surface area contributed by atoms with Crippen LogP contribution < -0.4 is 15.0 Å². The number of carbonyl (C=O) groups excluding carboxylic acids is 1. The Bertz CT molecular complexity index is 1580. The van der Waals surface area contributed by atoms with Crippen LogP contribution in [0.4, 0.5) is 11.5 Å². The van der Waals surface area contributed by atoms with E-state index in [1.54, 1.807) is 17.0 Å². The molecule has 258 valence electrons. The highest BCUT2D eigenvalue weighted by atomic mass is 16.5. The zero-order valence-corrected chi connectivity index (χ0v) is 28.2. The molecule has 7 rings (SSSR count). The summed E-state index contributed by atoms with van der Waals surface area (Å²) in [5.74, 6) is 1.48. The lowest BCUT2D eigenvalue weighted by atomic mass is 9.92. The van der Waals surface area contributed by atoms with Gasteiger partial charge in [-0.2, -0.15) is 0 Å². The van der Waals surface area contributed by atoms with E-state index in [-0.39, 0.29) is 23.7 Å². The van der Waals surface area contributed by atoms with Crippen LogP contribution in [0.5, 0.6) is 11.6 Å². The largest absolute Gasteiger partial charge is 0.507 e. The van der Waals surface area contributed by atoms with Gasteiger partial charge in [0.15, 0.2) is 11.6 Å². The lowest BCUT2D eigenvalue weighted by molar-refractivity contribution is -0.133. The van der Waals surface area contributed by atoms with Crippen LogP contribution in [0, 0.1) is 5.92 Å². The lowest BCUT2D eigenvalue weighted by Gasteiger charge is -2.49. The Morgan fingerprint density at radius 3 is 2.58 bits per heavy atom. The Morgan fingerprint density at radius 1 is 1.02 bits per heavy atom. The number of nitrogens with zero attached hydrogens (tertiary/aromatic N) is 7. The molecule has 0 aliphatic carbocycles. The molecule has 3 saturated heterocycles. The molecule has 3 N–H and O–H groups in total. The highest BCUT2D eigenvalue weighted by Crippen LogP contribution is 2.37. The first-order valence-corrected chi connectivity index (χ1v) is 17.5. The summed E-state index contributed by atoms with van der Waals surface area (Å²) in [7, 11) is 0. The molecule has 1 amide bonds. The van der Waals surface area contributed by atoms with Gasteiger partial charge in [0, 0.05) is 63.5 Å². The standard InChI is InChI=1S/C35H48N8O5/c1-22(2)33(35(46)42-13-10-26(44)21-42)31-17-32(39-48-31)47-23(3)19-40-11-8-24(9-12-40)41-14-15-43-25(20-41)18-36-34-29(43)16-28(37-38-34)27-6-4-5-7-30(27)45/h4-7,16-17,22-26,33,44-45H,8-15,18-21H2,1-3H3,(H,36,38)/t23?,25-,26+,33+/m0/s1. The van der Waals surface area contributed by atoms with Crippen LogP contribution in [0.2, 0.25) is 0 Å². The number of hydrogen-bond donors (Lipinski definition) is 3. The van der Waals surface area contributed by atoms with Crippen molar-refractivity contribution in [3.05, 3.63) is 42.2 Å². The number of piperazine rings is 1. The maximum atomic E-state index is 13.2. The molecular weight excluding hydrogens is 612 g/mol. The molecule has 4 aliphatic heterocycles. The smallest absolute Gasteiger partial charge is 0.254 e. The number of aliphatic hydroxyl groups excluding tert-OH is 1. The van der Waals surface area contributed by atoms with Crippen LogP contribution in [-0.2, 0) is 4.79 Å². The molecule has 3 aromatic rings. The number of phenols is 1. The first-order chi connectivity index (χ1) is 23.2. The molecule has 48 heavy (non-hydrogen) atoms. The maximum absolute atomic E-state index is 13.2. The number of β-amino-alcohol motifs (C(OH)–C–C–N with tert-alkyl or cyclic N) is 1. The van der Waals surface area contributed by atoms with E-state index in [4.69, 9.17) is 9.26 Å². The van der Waals surface area contributed by atoms with Crippen molar-refractivity contribution < 1.29 is 24.3 Å². The number of benzene rings is 1. The predicted octanol–water partition coefficient (Wildman–Crippen LogP) is 3.02. The molecular formula is C35H48N8O5. The minimum Gasteiger partial charge on any atom is -0.507 e. The Kier molecular flexibility index (Phi) is 9.43. The van der Waals surface area contributed by atoms with Crippen LogP contribution in [0.3, 0.4) is 0 Å². The normalized spacial score (nSPS) is 23.4. The van der Waals surface area contributed by atoms with Crippen molar-refractivity contribution >= 4 is 17.4 Å². The Morgan fingerprint density at radius 2 is 1.83 bits per heavy atom. The van der Waals surface area contributed by atoms with Crippen molar-refractivity contribution in [3.63, 3.8) is 0 Å². The number of aromatic hydroxyl groups is 1. The third-order valence-corrected chi connectivity index (χ3v) is 10.4. The van der Waals surface area contributed by atoms with Crippen molar-refractivity contribution in [3.8, 4) is 22.9 Å². The van der Waals surface area contributed by atoms with E-state index in [1.807, 2.05) is 32.0 Å². The van der Waals surface area contributed by atoms with Gasteiger partial charge in [-0.3, -0.25) is 14.6 Å². The monoisotopic (exact) mass is 660 g/mol. The number of rotatable bonds is 9. The Balaban J connectivity index is 0.894. The predicted molar refractivity (Wildman–Crippen MR) is 181 cm³/mol. The number of aromatic nitrogens is 3. The molecule has 0 bridgehead atoms. The summed E-state index contributed by atoms with van der Waals surface area (Å²) in [6, 6.07) is 12.0. The Labute approximate surface area is 281 Å². The molecule has 4 aliphatic rings. The number of nitrogens with one attached hydrogen (secondary N) is 1. The number of fused-ring (bicyclic) bond motifs is 3. The first kappa shape index (κ1) is 32.6. The van der Waals surface area contributed by atoms with Gasteiger partial charge in [0.25, 0.3) is 5.88 Å². The summed E-state index contributed by atoms with van der Waals surface area (Å²) in [6.07, 6.45) is 2.30. The van der Waals surface area contributed by atoms with Gasteiger partial charge in [-0.1, -0.05) is 26.0 Å². The van der Waals surface area contributed by atoms with Crippen LogP contribution in [-0.4, -0.2) is 129 Å². The van der Waals surface area contributed by atoms with Crippen LogP contribution in [0.1, 0.15) is 51.7 Å². The zero-order chi connectivity index (χ0) is 33.4. The van der Waals surface area contributed by atoms with Crippen LogP contribution in [0.25, 0.3) is 11.3 Å². The number of para-hydroxylation sites is 1. The van der Waals surface area contributed by atoms with E-state index in [0.717, 1.165) is 70.2 Å². The third-order valence-electron chi connectivity index (χ3n) is 10.4. The SMILES string of the molecule is CC(CN1CCC(N2CCN3c4cc(-c5ccccc5O)nnc4NC[C@H]3C2)CC1)Oc1cc([C@H](C(=O)N2CC[C@@H](O)C2)C(C)C)on1. The maximum Gasteiger partial charge on any atom is 0.254 e. The molecule has 13 nitrogen and oxygen atoms in total. The van der Waals surface area contributed by atoms with Gasteiger partial charge in [0.2, 0.25) is 5.91 Å². The van der Waals surface area contributed by atoms with Crippen molar-refractivity contribution in [1.82, 2.24) is 30.1 Å². The fourth-order valence-corrected chi connectivity index (χ4v) is 7.89. The van der Waals surface area contributed by atoms with Crippen molar-refractivity contribution in [2.24, 2.45) is 5.92 Å². The number of anilines is 2. The van der Waals surface area contributed by atoms with Crippen LogP contribution in [0.15, 0.2) is 40.9 Å². The number of likely N-dealkylation sites (tertiary alicyclic amines) is 2. The molecule has 4 atom stereocenters. The summed E-state index contributed by atoms with van der Waals surface area (Å²) >= 11 is 0. The van der Waals surface area contributed by atoms with E-state index in [2.05, 4.69) is 48.4 Å². The summed E-state index contributed by atoms with van der Waals surface area (Å²) in [5, 5.41) is 36.8. The van der Waals surface area contributed by atoms with Gasteiger partial charge in [-0.05, 0) is 68.5 Å². The van der Waals surface area contributed by atoms with Crippen molar-refractivity contribution in [2.45, 2.75) is 70.2 Å². The number of phenolic OH excluding ortho intramolecular Hbond substituents is 1. The number of aliphatic hydroxyl groups is 1. The fraction of sp³-hybridized carbons (Fsp3) is 0.600. The van der Waals surface area contributed by atoms with E-state index in [9.17, 15) is 15.0 Å². The van der Waals surface area contributed by atoms with Gasteiger partial charge >= 0.3 is 0 Å². The molecule has 3 fully saturated rings. The fourth-order valence-electron chi connectivity index (χ4n) is 7.89. The molecule has 13 heteroatoms. The number of piperidine rings is 1. The quantitative estimate of drug-likeness (QED) is 0.311. The molecule has 1 unspecified atom stereocenters. The number of hydrogen-bond acceptors (Lipinski definition) is 12. The van der Waals surface area contributed by atoms with E-state index < -0.39 is 12.0 Å². The molecule has 0 spiro atoms. The van der Waals surface area contributed by atoms with Gasteiger partial charge in [0.05, 0.1) is 23.5 Å². The second kappa shape index (κ2) is 13.9. The van der Waals surface area contributed by atoms with E-state index >= 15 is 0 Å². The average molecular weight is 661 g/mol. The zero-order valence-electron chi connectivity index (χ0n) is 28.2. The highest BCUT2D eigenvalue weighted by molar-refractivity contribution is 5.83. The van der Waals surface area contributed by atoms with Crippen molar-refractivity contribution in [1.29, 1.82) is 0 Å². The van der Waals surface area contributed by atoms with Gasteiger partial charge in [0.1, 0.15) is 17.8 Å². The minimum atomic E-state index is -0.457. The van der Waals surface area contributed by atoms with Crippen LogP contribution >= 0.6 is 0 Å². The third kappa shape index (κ3) is 6.81. The topological polar surface area (TPSA) is 144 Å². The molecule has 0 saturated carbocycles. The molecule has 2 aromatic heterocycles. The van der Waals surface area contributed by atoms with Crippen molar-refractivity contribution in [2.75, 3.05) is 69.1 Å². The molecule has 6 heterocycles. The summed E-state index contributed by atoms with van der Waals surface area (Å²) in [4.78, 5) is 22.5.